The minimum Gasteiger partial charge on any atom is -0.265 e. The lowest BCUT2D eigenvalue weighted by molar-refractivity contribution is 0.723. The number of benzene rings is 1. The molecule has 0 saturated carbocycles. The minimum atomic E-state index is 0.00329. The number of nitrogens with zero attached hydrogens (tertiary/aromatic N) is 1. The molecule has 1 aromatic carbocycles. The Kier molecular flexibility index (Phi) is 4.38. The van der Waals surface area contributed by atoms with Gasteiger partial charge in [-0.3, -0.25) is 4.98 Å². The summed E-state index contributed by atoms with van der Waals surface area (Å²) in [6, 6.07) is 12.5. The van der Waals surface area contributed by atoms with Gasteiger partial charge in [-0.15, -0.1) is 11.6 Å². The van der Waals surface area contributed by atoms with Crippen LogP contribution in [0, 0.1) is 0 Å². The number of rotatable bonds is 4. The van der Waals surface area contributed by atoms with Gasteiger partial charge in [0.2, 0.25) is 0 Å². The number of hydrogen-bond acceptors (Lipinski definition) is 1. The van der Waals surface area contributed by atoms with Gasteiger partial charge in [-0.2, -0.15) is 0 Å². The molecule has 2 heteroatoms. The molecule has 1 nitrogen and oxygen atoms in total. The highest BCUT2D eigenvalue weighted by Crippen LogP contribution is 2.37. The molecular weight excluding hydrogens is 242 g/mol. The monoisotopic (exact) mass is 259 g/mol. The average molecular weight is 260 g/mol. The standard InChI is InChI=1S/C16H18ClN/c1-3-13-6-4-5-7-15(13)16(17)12(2)14-8-10-18-11-9-14/h4-12,16H,3H2,1-2H3. The zero-order valence-corrected chi connectivity index (χ0v) is 11.6. The van der Waals surface area contributed by atoms with E-state index in [0.717, 1.165) is 6.42 Å². The maximum atomic E-state index is 6.65. The van der Waals surface area contributed by atoms with Crippen LogP contribution in [0.3, 0.4) is 0 Å². The molecule has 0 fully saturated rings. The van der Waals surface area contributed by atoms with Gasteiger partial charge in [-0.25, -0.2) is 0 Å². The Labute approximate surface area is 114 Å². The molecule has 0 N–H and O–H groups in total. The number of aryl methyl sites for hydroxylation is 1. The van der Waals surface area contributed by atoms with Gasteiger partial charge in [0.1, 0.15) is 0 Å². The summed E-state index contributed by atoms with van der Waals surface area (Å²) in [4.78, 5) is 4.05. The van der Waals surface area contributed by atoms with Crippen LogP contribution in [0.2, 0.25) is 0 Å². The van der Waals surface area contributed by atoms with Crippen LogP contribution in [0.15, 0.2) is 48.8 Å². The fourth-order valence-electron chi connectivity index (χ4n) is 2.23. The molecule has 2 rings (SSSR count). The fraction of sp³-hybridized carbons (Fsp3) is 0.312. The van der Waals surface area contributed by atoms with E-state index in [4.69, 9.17) is 11.6 Å². The first kappa shape index (κ1) is 13.1. The average Bonchev–Trinajstić information content (AvgIpc) is 2.46. The van der Waals surface area contributed by atoms with Crippen molar-refractivity contribution >= 4 is 11.6 Å². The van der Waals surface area contributed by atoms with Gasteiger partial charge in [0.05, 0.1) is 5.38 Å². The van der Waals surface area contributed by atoms with Crippen LogP contribution in [-0.4, -0.2) is 4.98 Å². The molecule has 1 aromatic heterocycles. The third-order valence-corrected chi connectivity index (χ3v) is 4.02. The van der Waals surface area contributed by atoms with Crippen LogP contribution in [0.5, 0.6) is 0 Å². The molecule has 0 aliphatic rings. The summed E-state index contributed by atoms with van der Waals surface area (Å²) in [5.74, 6) is 0.280. The van der Waals surface area contributed by atoms with Crippen molar-refractivity contribution in [2.24, 2.45) is 0 Å². The Bertz CT molecular complexity index is 495. The van der Waals surface area contributed by atoms with Crippen molar-refractivity contribution in [3.8, 4) is 0 Å². The third kappa shape index (κ3) is 2.73. The van der Waals surface area contributed by atoms with Crippen LogP contribution >= 0.6 is 11.6 Å². The third-order valence-electron chi connectivity index (χ3n) is 3.40. The van der Waals surface area contributed by atoms with Gasteiger partial charge in [-0.05, 0) is 35.2 Å². The number of aromatic nitrogens is 1. The van der Waals surface area contributed by atoms with E-state index in [-0.39, 0.29) is 11.3 Å². The van der Waals surface area contributed by atoms with Crippen molar-refractivity contribution in [3.05, 3.63) is 65.5 Å². The van der Waals surface area contributed by atoms with Gasteiger partial charge >= 0.3 is 0 Å². The van der Waals surface area contributed by atoms with Crippen molar-refractivity contribution in [2.45, 2.75) is 31.6 Å². The van der Waals surface area contributed by atoms with E-state index >= 15 is 0 Å². The van der Waals surface area contributed by atoms with E-state index in [0.29, 0.717) is 0 Å². The summed E-state index contributed by atoms with van der Waals surface area (Å²) in [7, 11) is 0. The molecule has 0 spiro atoms. The summed E-state index contributed by atoms with van der Waals surface area (Å²) >= 11 is 6.65. The largest absolute Gasteiger partial charge is 0.265 e. The smallest absolute Gasteiger partial charge is 0.0653 e. The van der Waals surface area contributed by atoms with Crippen LogP contribution < -0.4 is 0 Å². The van der Waals surface area contributed by atoms with Gasteiger partial charge in [0.15, 0.2) is 0 Å². The molecule has 2 atom stereocenters. The number of halogens is 1. The van der Waals surface area contributed by atoms with Crippen molar-refractivity contribution in [2.75, 3.05) is 0 Å². The van der Waals surface area contributed by atoms with Crippen molar-refractivity contribution in [3.63, 3.8) is 0 Å². The Balaban J connectivity index is 2.28. The first-order valence-corrected chi connectivity index (χ1v) is 6.79. The highest BCUT2D eigenvalue weighted by atomic mass is 35.5. The van der Waals surface area contributed by atoms with E-state index in [1.807, 2.05) is 24.5 Å². The molecule has 0 aliphatic carbocycles. The molecule has 0 radical (unpaired) electrons. The van der Waals surface area contributed by atoms with E-state index in [9.17, 15) is 0 Å². The number of pyridine rings is 1. The molecule has 18 heavy (non-hydrogen) atoms. The van der Waals surface area contributed by atoms with Gasteiger partial charge < -0.3 is 0 Å². The predicted molar refractivity (Wildman–Crippen MR) is 77.1 cm³/mol. The zero-order valence-electron chi connectivity index (χ0n) is 10.8. The highest BCUT2D eigenvalue weighted by Gasteiger charge is 2.20. The number of hydrogen-bond donors (Lipinski definition) is 0. The Morgan fingerprint density at radius 3 is 2.44 bits per heavy atom. The first-order chi connectivity index (χ1) is 8.74. The van der Waals surface area contributed by atoms with Crippen molar-refractivity contribution in [1.82, 2.24) is 4.98 Å². The molecule has 94 valence electrons. The van der Waals surface area contributed by atoms with E-state index in [2.05, 4.69) is 43.1 Å². The Morgan fingerprint density at radius 1 is 1.11 bits per heavy atom. The van der Waals surface area contributed by atoms with Crippen molar-refractivity contribution < 1.29 is 0 Å². The second kappa shape index (κ2) is 6.01. The summed E-state index contributed by atoms with van der Waals surface area (Å²) in [6.07, 6.45) is 4.66. The lowest BCUT2D eigenvalue weighted by atomic mass is 9.91. The minimum absolute atomic E-state index is 0.00329. The Morgan fingerprint density at radius 2 is 1.78 bits per heavy atom. The quantitative estimate of drug-likeness (QED) is 0.724. The van der Waals surface area contributed by atoms with Crippen LogP contribution in [-0.2, 0) is 6.42 Å². The fourth-order valence-corrected chi connectivity index (χ4v) is 2.59. The summed E-state index contributed by atoms with van der Waals surface area (Å²) in [6.45, 7) is 4.33. The van der Waals surface area contributed by atoms with E-state index in [1.54, 1.807) is 0 Å². The summed E-state index contributed by atoms with van der Waals surface area (Å²) in [5, 5.41) is 0.00329. The molecule has 0 amide bonds. The van der Waals surface area contributed by atoms with E-state index < -0.39 is 0 Å². The summed E-state index contributed by atoms with van der Waals surface area (Å²) < 4.78 is 0. The molecule has 2 unspecified atom stereocenters. The predicted octanol–water partition coefficient (Wildman–Crippen LogP) is 4.73. The van der Waals surface area contributed by atoms with Gasteiger partial charge in [0.25, 0.3) is 0 Å². The summed E-state index contributed by atoms with van der Waals surface area (Å²) in [5.41, 5.74) is 3.81. The van der Waals surface area contributed by atoms with Crippen molar-refractivity contribution in [1.29, 1.82) is 0 Å². The van der Waals surface area contributed by atoms with Gasteiger partial charge in [-0.1, -0.05) is 38.1 Å². The molecular formula is C16H18ClN. The van der Waals surface area contributed by atoms with Crippen LogP contribution in [0.25, 0.3) is 0 Å². The molecule has 2 aromatic rings. The number of alkyl halides is 1. The Hall–Kier alpha value is -1.34. The van der Waals surface area contributed by atoms with Crippen LogP contribution in [0.1, 0.15) is 41.8 Å². The molecule has 0 saturated heterocycles. The maximum Gasteiger partial charge on any atom is 0.0653 e. The molecule has 0 bridgehead atoms. The zero-order chi connectivity index (χ0) is 13.0. The highest BCUT2D eigenvalue weighted by molar-refractivity contribution is 6.21. The first-order valence-electron chi connectivity index (χ1n) is 6.35. The lowest BCUT2D eigenvalue weighted by Gasteiger charge is -2.21. The van der Waals surface area contributed by atoms with Gasteiger partial charge in [0, 0.05) is 18.3 Å². The molecule has 0 aliphatic heterocycles. The topological polar surface area (TPSA) is 12.9 Å². The molecule has 1 heterocycles. The normalized spacial score (nSPS) is 14.2. The second-order valence-corrected chi connectivity index (χ2v) is 4.99. The van der Waals surface area contributed by atoms with Crippen LogP contribution in [0.4, 0.5) is 0 Å². The second-order valence-electron chi connectivity index (χ2n) is 4.52. The SMILES string of the molecule is CCc1ccccc1C(Cl)C(C)c1ccncc1. The maximum absolute atomic E-state index is 6.65. The van der Waals surface area contributed by atoms with E-state index in [1.165, 1.54) is 16.7 Å². The lowest BCUT2D eigenvalue weighted by Crippen LogP contribution is -2.05.